The monoisotopic (exact) mass is 197 g/mol. The number of Topliss-reactive ketones (excluding diaryl/α,β-unsaturated/α-hetero) is 1. The van der Waals surface area contributed by atoms with Crippen LogP contribution in [0.1, 0.15) is 15.9 Å². The maximum atomic E-state index is 13.3. The zero-order valence-electron chi connectivity index (χ0n) is 8.13. The highest BCUT2D eigenvalue weighted by Crippen LogP contribution is 2.24. The predicted molar refractivity (Wildman–Crippen MR) is 51.1 cm³/mol. The van der Waals surface area contributed by atoms with E-state index in [1.54, 1.807) is 13.0 Å². The summed E-state index contributed by atoms with van der Waals surface area (Å²) in [5.41, 5.74) is 6.07. The summed E-state index contributed by atoms with van der Waals surface area (Å²) in [7, 11) is 1.32. The van der Waals surface area contributed by atoms with Gasteiger partial charge in [0.25, 0.3) is 0 Å². The standard InChI is InChI=1S/C10H12FNO2/c1-6-3-7(9(13)5-12)10(14-2)8(11)4-6/h3-4H,5,12H2,1-2H3. The van der Waals surface area contributed by atoms with Crippen LogP contribution in [0.3, 0.4) is 0 Å². The second-order valence-corrected chi connectivity index (χ2v) is 2.95. The fraction of sp³-hybridized carbons (Fsp3) is 0.300. The Labute approximate surface area is 81.7 Å². The molecule has 0 saturated carbocycles. The highest BCUT2D eigenvalue weighted by molar-refractivity contribution is 6.00. The lowest BCUT2D eigenvalue weighted by molar-refractivity contribution is 0.0997. The number of benzene rings is 1. The van der Waals surface area contributed by atoms with Crippen LogP contribution < -0.4 is 10.5 Å². The second kappa shape index (κ2) is 4.19. The maximum Gasteiger partial charge on any atom is 0.180 e. The van der Waals surface area contributed by atoms with Crippen LogP contribution in [-0.4, -0.2) is 19.4 Å². The van der Waals surface area contributed by atoms with Crippen LogP contribution in [0.2, 0.25) is 0 Å². The van der Waals surface area contributed by atoms with Crippen molar-refractivity contribution in [1.82, 2.24) is 0 Å². The number of carbonyl (C=O) groups excluding carboxylic acids is 1. The van der Waals surface area contributed by atoms with Crippen LogP contribution in [0.15, 0.2) is 12.1 Å². The quantitative estimate of drug-likeness (QED) is 0.743. The minimum Gasteiger partial charge on any atom is -0.493 e. The molecule has 1 aromatic rings. The summed E-state index contributed by atoms with van der Waals surface area (Å²) < 4.78 is 18.1. The van der Waals surface area contributed by atoms with Crippen molar-refractivity contribution in [3.05, 3.63) is 29.1 Å². The lowest BCUT2D eigenvalue weighted by atomic mass is 10.1. The van der Waals surface area contributed by atoms with E-state index in [0.717, 1.165) is 0 Å². The van der Waals surface area contributed by atoms with Gasteiger partial charge < -0.3 is 10.5 Å². The Balaban J connectivity index is 3.32. The summed E-state index contributed by atoms with van der Waals surface area (Å²) >= 11 is 0. The fourth-order valence-corrected chi connectivity index (χ4v) is 1.25. The third kappa shape index (κ3) is 1.90. The summed E-state index contributed by atoms with van der Waals surface area (Å²) in [6.45, 7) is 1.55. The first-order valence-electron chi connectivity index (χ1n) is 4.17. The van der Waals surface area contributed by atoms with E-state index in [9.17, 15) is 9.18 Å². The molecule has 0 heterocycles. The molecule has 0 aliphatic carbocycles. The van der Waals surface area contributed by atoms with E-state index >= 15 is 0 Å². The van der Waals surface area contributed by atoms with Gasteiger partial charge in [-0.3, -0.25) is 4.79 Å². The van der Waals surface area contributed by atoms with Gasteiger partial charge in [-0.25, -0.2) is 4.39 Å². The molecule has 0 atom stereocenters. The number of hydrogen-bond acceptors (Lipinski definition) is 3. The van der Waals surface area contributed by atoms with Gasteiger partial charge in [-0.1, -0.05) is 0 Å². The zero-order chi connectivity index (χ0) is 10.7. The Morgan fingerprint density at radius 3 is 2.71 bits per heavy atom. The summed E-state index contributed by atoms with van der Waals surface area (Å²) in [4.78, 5) is 11.3. The van der Waals surface area contributed by atoms with E-state index in [1.165, 1.54) is 13.2 Å². The number of carbonyl (C=O) groups is 1. The molecule has 2 N–H and O–H groups in total. The van der Waals surface area contributed by atoms with Crippen molar-refractivity contribution < 1.29 is 13.9 Å². The van der Waals surface area contributed by atoms with E-state index in [2.05, 4.69) is 0 Å². The molecule has 0 aromatic heterocycles. The van der Waals surface area contributed by atoms with Gasteiger partial charge in [0.2, 0.25) is 0 Å². The number of ether oxygens (including phenoxy) is 1. The number of rotatable bonds is 3. The first-order valence-corrected chi connectivity index (χ1v) is 4.17. The predicted octanol–water partition coefficient (Wildman–Crippen LogP) is 1.28. The second-order valence-electron chi connectivity index (χ2n) is 2.95. The van der Waals surface area contributed by atoms with Crippen LogP contribution >= 0.6 is 0 Å². The van der Waals surface area contributed by atoms with Crippen molar-refractivity contribution >= 4 is 5.78 Å². The van der Waals surface area contributed by atoms with Crippen LogP contribution in [-0.2, 0) is 0 Å². The molecule has 0 amide bonds. The van der Waals surface area contributed by atoms with E-state index in [4.69, 9.17) is 10.5 Å². The van der Waals surface area contributed by atoms with Crippen molar-refractivity contribution in [2.75, 3.05) is 13.7 Å². The van der Waals surface area contributed by atoms with Crippen LogP contribution in [0.5, 0.6) is 5.75 Å². The average Bonchev–Trinajstić information content (AvgIpc) is 2.15. The summed E-state index contributed by atoms with van der Waals surface area (Å²) in [5, 5.41) is 0. The smallest absolute Gasteiger partial charge is 0.180 e. The maximum absolute atomic E-state index is 13.3. The molecule has 0 saturated heterocycles. The van der Waals surface area contributed by atoms with E-state index in [-0.39, 0.29) is 23.6 Å². The van der Waals surface area contributed by atoms with Crippen molar-refractivity contribution in [2.24, 2.45) is 5.73 Å². The van der Waals surface area contributed by atoms with Gasteiger partial charge in [-0.05, 0) is 24.6 Å². The lowest BCUT2D eigenvalue weighted by Gasteiger charge is -2.08. The summed E-state index contributed by atoms with van der Waals surface area (Å²) in [5.74, 6) is -0.903. The van der Waals surface area contributed by atoms with Crippen molar-refractivity contribution in [2.45, 2.75) is 6.92 Å². The minimum atomic E-state index is -0.538. The number of methoxy groups -OCH3 is 1. The molecule has 3 nitrogen and oxygen atoms in total. The van der Waals surface area contributed by atoms with E-state index in [1.807, 2.05) is 0 Å². The zero-order valence-corrected chi connectivity index (χ0v) is 8.13. The summed E-state index contributed by atoms with van der Waals surface area (Å²) in [6, 6.07) is 2.88. The van der Waals surface area contributed by atoms with Gasteiger partial charge >= 0.3 is 0 Å². The largest absolute Gasteiger partial charge is 0.493 e. The Morgan fingerprint density at radius 1 is 1.57 bits per heavy atom. The molecule has 14 heavy (non-hydrogen) atoms. The number of ketones is 1. The van der Waals surface area contributed by atoms with Crippen molar-refractivity contribution in [3.8, 4) is 5.75 Å². The molecule has 0 aliphatic rings. The molecular formula is C10H12FNO2. The molecule has 0 spiro atoms. The molecule has 0 aliphatic heterocycles. The molecule has 0 bridgehead atoms. The first kappa shape index (κ1) is 10.7. The molecule has 76 valence electrons. The number of halogens is 1. The number of hydrogen-bond donors (Lipinski definition) is 1. The molecule has 1 aromatic carbocycles. The third-order valence-corrected chi connectivity index (χ3v) is 1.88. The van der Waals surface area contributed by atoms with Crippen LogP contribution in [0, 0.1) is 12.7 Å². The van der Waals surface area contributed by atoms with E-state index < -0.39 is 5.82 Å². The average molecular weight is 197 g/mol. The van der Waals surface area contributed by atoms with Crippen LogP contribution in [0.4, 0.5) is 4.39 Å². The van der Waals surface area contributed by atoms with Gasteiger partial charge in [-0.2, -0.15) is 0 Å². The lowest BCUT2D eigenvalue weighted by Crippen LogP contribution is -2.15. The highest BCUT2D eigenvalue weighted by atomic mass is 19.1. The van der Waals surface area contributed by atoms with Gasteiger partial charge in [0.15, 0.2) is 17.3 Å². The van der Waals surface area contributed by atoms with Crippen molar-refractivity contribution in [3.63, 3.8) is 0 Å². The minimum absolute atomic E-state index is 0.0361. The Kier molecular flexibility index (Phi) is 3.19. The van der Waals surface area contributed by atoms with Crippen LogP contribution in [0.25, 0.3) is 0 Å². The van der Waals surface area contributed by atoms with Gasteiger partial charge in [-0.15, -0.1) is 0 Å². The SMILES string of the molecule is COc1c(F)cc(C)cc1C(=O)CN. The number of aryl methyl sites for hydroxylation is 1. The molecule has 0 unspecified atom stereocenters. The number of nitrogens with two attached hydrogens (primary N) is 1. The van der Waals surface area contributed by atoms with Gasteiger partial charge in [0, 0.05) is 0 Å². The Morgan fingerprint density at radius 2 is 2.21 bits per heavy atom. The normalized spacial score (nSPS) is 10.0. The topological polar surface area (TPSA) is 52.3 Å². The highest BCUT2D eigenvalue weighted by Gasteiger charge is 2.15. The molecule has 0 fully saturated rings. The molecule has 0 radical (unpaired) electrons. The fourth-order valence-electron chi connectivity index (χ4n) is 1.25. The third-order valence-electron chi connectivity index (χ3n) is 1.88. The molecule has 1 rings (SSSR count). The van der Waals surface area contributed by atoms with Crippen molar-refractivity contribution in [1.29, 1.82) is 0 Å². The summed E-state index contributed by atoms with van der Waals surface area (Å²) in [6.07, 6.45) is 0. The van der Waals surface area contributed by atoms with Gasteiger partial charge in [0.1, 0.15) is 0 Å². The van der Waals surface area contributed by atoms with E-state index in [0.29, 0.717) is 5.56 Å². The molecular weight excluding hydrogens is 185 g/mol. The Hall–Kier alpha value is -1.42. The molecule has 4 heteroatoms. The first-order chi connectivity index (χ1) is 6.60. The Bertz CT molecular complexity index is 363. The van der Waals surface area contributed by atoms with Gasteiger partial charge in [0.05, 0.1) is 19.2 Å².